The Morgan fingerprint density at radius 2 is 2.00 bits per heavy atom. The zero-order valence-corrected chi connectivity index (χ0v) is 18.6. The molecule has 1 aliphatic carbocycles. The number of nitrogens with two attached hydrogens (primary N) is 1. The number of furan rings is 1. The zero-order chi connectivity index (χ0) is 21.8. The minimum absolute atomic E-state index is 0.200. The van der Waals surface area contributed by atoms with Crippen molar-refractivity contribution >= 4 is 49.8 Å². The molecule has 7 nitrogen and oxygen atoms in total. The van der Waals surface area contributed by atoms with E-state index in [1.54, 1.807) is 23.7 Å². The maximum absolute atomic E-state index is 9.80. The highest BCUT2D eigenvalue weighted by atomic mass is 35.5. The molecule has 0 radical (unpaired) electrons. The number of rotatable bonds is 3. The average Bonchev–Trinajstić information content (AvgIpc) is 3.53. The summed E-state index contributed by atoms with van der Waals surface area (Å²) in [4.78, 5) is 8.55. The van der Waals surface area contributed by atoms with Gasteiger partial charge in [-0.1, -0.05) is 11.6 Å². The first-order valence-corrected chi connectivity index (χ1v) is 11.8. The topological polar surface area (TPSA) is 103 Å². The summed E-state index contributed by atoms with van der Waals surface area (Å²) in [6.07, 6.45) is 12.4. The number of anilines is 1. The van der Waals surface area contributed by atoms with E-state index in [9.17, 15) is 5.11 Å². The van der Waals surface area contributed by atoms with Gasteiger partial charge in [-0.3, -0.25) is 9.67 Å². The number of hydrogen-bond donors (Lipinski definition) is 2. The molecule has 0 amide bonds. The number of aromatic nitrogens is 4. The van der Waals surface area contributed by atoms with Crippen molar-refractivity contribution in [1.29, 1.82) is 0 Å². The molecule has 0 aliphatic heterocycles. The molecule has 0 unspecified atom stereocenters. The average molecular weight is 466 g/mol. The van der Waals surface area contributed by atoms with Gasteiger partial charge in [-0.2, -0.15) is 5.10 Å². The molecule has 1 aliphatic rings. The van der Waals surface area contributed by atoms with Gasteiger partial charge in [0, 0.05) is 52.2 Å². The van der Waals surface area contributed by atoms with Crippen molar-refractivity contribution in [2.24, 2.45) is 0 Å². The normalized spacial score (nSPS) is 19.2. The van der Waals surface area contributed by atoms with E-state index >= 15 is 0 Å². The van der Waals surface area contributed by atoms with Gasteiger partial charge in [0.25, 0.3) is 0 Å². The molecule has 0 spiro atoms. The summed E-state index contributed by atoms with van der Waals surface area (Å²) in [5, 5.41) is 18.7. The quantitative estimate of drug-likeness (QED) is 0.355. The second-order valence-corrected chi connectivity index (χ2v) is 9.49. The largest absolute Gasteiger partial charge is 0.450 e. The van der Waals surface area contributed by atoms with Crippen molar-refractivity contribution in [2.45, 2.75) is 37.8 Å². The molecule has 1 saturated carbocycles. The Hall–Kier alpha value is -2.94. The summed E-state index contributed by atoms with van der Waals surface area (Å²) in [5.74, 6) is 0.875. The number of thiophene rings is 1. The van der Waals surface area contributed by atoms with Crippen LogP contribution in [0.25, 0.3) is 43.5 Å². The molecule has 1 fully saturated rings. The lowest BCUT2D eigenvalue weighted by Crippen LogP contribution is -2.21. The lowest BCUT2D eigenvalue weighted by Gasteiger charge is -2.25. The van der Waals surface area contributed by atoms with E-state index in [4.69, 9.17) is 21.8 Å². The highest BCUT2D eigenvalue weighted by molar-refractivity contribution is 7.17. The first-order chi connectivity index (χ1) is 15.6. The second kappa shape index (κ2) is 7.58. The summed E-state index contributed by atoms with van der Waals surface area (Å²) >= 11 is 8.50. The van der Waals surface area contributed by atoms with Crippen molar-refractivity contribution in [3.63, 3.8) is 0 Å². The van der Waals surface area contributed by atoms with E-state index < -0.39 is 0 Å². The van der Waals surface area contributed by atoms with Gasteiger partial charge in [0.15, 0.2) is 17.2 Å². The van der Waals surface area contributed by atoms with Crippen LogP contribution in [0.15, 0.2) is 46.8 Å². The Morgan fingerprint density at radius 3 is 2.84 bits per heavy atom. The molecule has 5 aromatic heterocycles. The monoisotopic (exact) mass is 465 g/mol. The van der Waals surface area contributed by atoms with Gasteiger partial charge in [0.2, 0.25) is 0 Å². The molecular weight excluding hydrogens is 446 g/mol. The molecular formula is C23H20ClN5O2S. The van der Waals surface area contributed by atoms with Crippen LogP contribution in [0.2, 0.25) is 5.02 Å². The summed E-state index contributed by atoms with van der Waals surface area (Å²) in [7, 11) is 0. The standard InChI is InChI=1S/C23H20ClN5O2S/c24-20-19-16(12-7-28-29(10-12)13-1-3-14(30)4-2-13)8-27-23(25)22(19)31-21(20)17-11-32-18-9-26-6-5-15(17)18/h5-11,13-14,30H,1-4H2,(H2,25,27)/t13-,14-. The number of halogens is 1. The second-order valence-electron chi connectivity index (χ2n) is 8.20. The van der Waals surface area contributed by atoms with Crippen LogP contribution in [0.4, 0.5) is 5.82 Å². The Kier molecular flexibility index (Phi) is 4.67. The van der Waals surface area contributed by atoms with Crippen LogP contribution in [0, 0.1) is 0 Å². The van der Waals surface area contributed by atoms with Crippen LogP contribution in [0.5, 0.6) is 0 Å². The molecule has 0 aromatic carbocycles. The van der Waals surface area contributed by atoms with Crippen molar-refractivity contribution in [1.82, 2.24) is 19.7 Å². The third-order valence-electron chi connectivity index (χ3n) is 6.26. The minimum atomic E-state index is -0.200. The molecule has 0 bridgehead atoms. The summed E-state index contributed by atoms with van der Waals surface area (Å²) < 4.78 is 9.23. The van der Waals surface area contributed by atoms with E-state index in [1.165, 1.54) is 0 Å². The first kappa shape index (κ1) is 19.7. The SMILES string of the molecule is Nc1ncc(-c2cnn([C@H]3CC[C@H](O)CC3)c2)c2c(Cl)c(-c3csc4cnccc34)oc12. The van der Waals surface area contributed by atoms with Gasteiger partial charge >= 0.3 is 0 Å². The molecule has 0 atom stereocenters. The number of fused-ring (bicyclic) bond motifs is 2. The van der Waals surface area contributed by atoms with Crippen molar-refractivity contribution in [2.75, 3.05) is 5.73 Å². The van der Waals surface area contributed by atoms with Crippen molar-refractivity contribution in [3.05, 3.63) is 47.5 Å². The van der Waals surface area contributed by atoms with E-state index in [2.05, 4.69) is 15.1 Å². The fourth-order valence-electron chi connectivity index (χ4n) is 4.54. The van der Waals surface area contributed by atoms with Gasteiger partial charge in [-0.15, -0.1) is 11.3 Å². The summed E-state index contributed by atoms with van der Waals surface area (Å²) in [6, 6.07) is 2.24. The molecule has 9 heteroatoms. The number of nitrogen functional groups attached to an aromatic ring is 1. The number of hydrogen-bond acceptors (Lipinski definition) is 7. The van der Waals surface area contributed by atoms with Crippen LogP contribution in [-0.4, -0.2) is 31.0 Å². The predicted octanol–water partition coefficient (Wildman–Crippen LogP) is 5.68. The molecule has 5 heterocycles. The molecule has 3 N–H and O–H groups in total. The lowest BCUT2D eigenvalue weighted by molar-refractivity contribution is 0.108. The maximum atomic E-state index is 9.80. The zero-order valence-electron chi connectivity index (χ0n) is 17.0. The molecule has 5 aromatic rings. The van der Waals surface area contributed by atoms with Crippen molar-refractivity contribution in [3.8, 4) is 22.5 Å². The number of pyridine rings is 2. The van der Waals surface area contributed by atoms with Crippen LogP contribution in [0.1, 0.15) is 31.7 Å². The number of aliphatic hydroxyl groups excluding tert-OH is 1. The highest BCUT2D eigenvalue weighted by Crippen LogP contribution is 2.46. The lowest BCUT2D eigenvalue weighted by atomic mass is 9.93. The first-order valence-electron chi connectivity index (χ1n) is 10.5. The summed E-state index contributed by atoms with van der Waals surface area (Å²) in [5.41, 5.74) is 9.30. The van der Waals surface area contributed by atoms with E-state index in [-0.39, 0.29) is 12.1 Å². The van der Waals surface area contributed by atoms with E-state index in [0.29, 0.717) is 22.2 Å². The molecule has 162 valence electrons. The molecule has 0 saturated heterocycles. The minimum Gasteiger partial charge on any atom is -0.450 e. The predicted molar refractivity (Wildman–Crippen MR) is 127 cm³/mol. The summed E-state index contributed by atoms with van der Waals surface area (Å²) in [6.45, 7) is 0. The van der Waals surface area contributed by atoms with E-state index in [1.807, 2.05) is 34.7 Å². The Bertz CT molecular complexity index is 1450. The maximum Gasteiger partial charge on any atom is 0.179 e. The number of aliphatic hydroxyl groups is 1. The van der Waals surface area contributed by atoms with Gasteiger partial charge in [0.05, 0.1) is 33.5 Å². The van der Waals surface area contributed by atoms with Crippen LogP contribution in [-0.2, 0) is 0 Å². The van der Waals surface area contributed by atoms with Crippen molar-refractivity contribution < 1.29 is 9.52 Å². The molecule has 32 heavy (non-hydrogen) atoms. The van der Waals surface area contributed by atoms with Crippen LogP contribution in [0.3, 0.4) is 0 Å². The Morgan fingerprint density at radius 1 is 1.16 bits per heavy atom. The fraction of sp³-hybridized carbons (Fsp3) is 0.261. The van der Waals surface area contributed by atoms with Crippen LogP contribution >= 0.6 is 22.9 Å². The van der Waals surface area contributed by atoms with Gasteiger partial charge < -0.3 is 15.3 Å². The Balaban J connectivity index is 1.47. The number of nitrogens with zero attached hydrogens (tertiary/aromatic N) is 4. The van der Waals surface area contributed by atoms with Gasteiger partial charge in [0.1, 0.15) is 0 Å². The molecule has 6 rings (SSSR count). The van der Waals surface area contributed by atoms with Gasteiger partial charge in [-0.05, 0) is 31.7 Å². The van der Waals surface area contributed by atoms with Gasteiger partial charge in [-0.25, -0.2) is 4.98 Å². The Labute approximate surface area is 192 Å². The fourth-order valence-corrected chi connectivity index (χ4v) is 5.77. The van der Waals surface area contributed by atoms with E-state index in [0.717, 1.165) is 57.8 Å². The van der Waals surface area contributed by atoms with Crippen LogP contribution < -0.4 is 5.73 Å². The highest BCUT2D eigenvalue weighted by Gasteiger charge is 2.25. The third-order valence-corrected chi connectivity index (χ3v) is 7.55. The third kappa shape index (κ3) is 3.09. The smallest absolute Gasteiger partial charge is 0.179 e.